The van der Waals surface area contributed by atoms with Gasteiger partial charge >= 0.3 is 0 Å². The van der Waals surface area contributed by atoms with Gasteiger partial charge in [0.05, 0.1) is 0 Å². The number of fused-ring (bicyclic) bond motifs is 2. The summed E-state index contributed by atoms with van der Waals surface area (Å²) in [7, 11) is 0. The Bertz CT molecular complexity index is 1010. The lowest BCUT2D eigenvalue weighted by atomic mass is 10.2. The zero-order valence-corrected chi connectivity index (χ0v) is 16.0. The minimum absolute atomic E-state index is 0.121. The van der Waals surface area contributed by atoms with Crippen molar-refractivity contribution in [3.05, 3.63) is 52.4 Å². The molecule has 1 aliphatic rings. The first-order chi connectivity index (χ1) is 13.0. The van der Waals surface area contributed by atoms with Crippen LogP contribution in [0.4, 0.5) is 0 Å². The maximum atomic E-state index is 12.5. The highest BCUT2D eigenvalue weighted by molar-refractivity contribution is 5.97. The number of rotatable bonds is 5. The standard InChI is InChI=1S/C21H24N4O2/c1-12(2)21-25-17-11-14(7-8-18(17)27-21)20(26)22-10-9-19-23-13(3)15-5-4-6-16(15)24-19/h7-8,11-12H,4-6,9-10H2,1-3H3,(H,22,26). The molecular weight excluding hydrogens is 340 g/mol. The highest BCUT2D eigenvalue weighted by atomic mass is 16.3. The molecule has 2 heterocycles. The SMILES string of the molecule is Cc1nc(CCNC(=O)c2ccc3oc(C(C)C)nc3c2)nc2c1CCC2. The summed E-state index contributed by atoms with van der Waals surface area (Å²) in [5, 5.41) is 2.95. The summed E-state index contributed by atoms with van der Waals surface area (Å²) in [4.78, 5) is 26.2. The fraction of sp³-hybridized carbons (Fsp3) is 0.429. The molecule has 0 aliphatic heterocycles. The molecule has 0 atom stereocenters. The Balaban J connectivity index is 1.41. The number of hydrogen-bond donors (Lipinski definition) is 1. The second-order valence-electron chi connectivity index (χ2n) is 7.40. The van der Waals surface area contributed by atoms with Crippen LogP contribution in [0.2, 0.25) is 0 Å². The summed E-state index contributed by atoms with van der Waals surface area (Å²) >= 11 is 0. The third kappa shape index (κ3) is 3.56. The largest absolute Gasteiger partial charge is 0.440 e. The molecular formula is C21H24N4O2. The van der Waals surface area contributed by atoms with Gasteiger partial charge in [0.1, 0.15) is 11.3 Å². The molecule has 1 amide bonds. The second-order valence-corrected chi connectivity index (χ2v) is 7.40. The van der Waals surface area contributed by atoms with E-state index in [0.29, 0.717) is 35.5 Å². The zero-order chi connectivity index (χ0) is 19.0. The molecule has 0 fully saturated rings. The van der Waals surface area contributed by atoms with Crippen LogP contribution in [0, 0.1) is 6.92 Å². The smallest absolute Gasteiger partial charge is 0.251 e. The predicted molar refractivity (Wildman–Crippen MR) is 103 cm³/mol. The summed E-state index contributed by atoms with van der Waals surface area (Å²) in [6.07, 6.45) is 3.91. The van der Waals surface area contributed by atoms with Crippen LogP contribution in [0.5, 0.6) is 0 Å². The highest BCUT2D eigenvalue weighted by Crippen LogP contribution is 2.23. The van der Waals surface area contributed by atoms with Gasteiger partial charge in [0.2, 0.25) is 0 Å². The van der Waals surface area contributed by atoms with Crippen molar-refractivity contribution in [1.29, 1.82) is 0 Å². The van der Waals surface area contributed by atoms with E-state index in [-0.39, 0.29) is 11.8 Å². The van der Waals surface area contributed by atoms with E-state index in [9.17, 15) is 4.79 Å². The van der Waals surface area contributed by atoms with E-state index in [0.717, 1.165) is 30.8 Å². The van der Waals surface area contributed by atoms with Gasteiger partial charge in [-0.25, -0.2) is 15.0 Å². The lowest BCUT2D eigenvalue weighted by Gasteiger charge is -2.08. The van der Waals surface area contributed by atoms with E-state index in [4.69, 9.17) is 4.42 Å². The van der Waals surface area contributed by atoms with Gasteiger partial charge in [0.25, 0.3) is 5.91 Å². The fourth-order valence-corrected chi connectivity index (χ4v) is 3.52. The van der Waals surface area contributed by atoms with Crippen molar-refractivity contribution >= 4 is 17.0 Å². The summed E-state index contributed by atoms with van der Waals surface area (Å²) < 4.78 is 5.69. The molecule has 0 unspecified atom stereocenters. The Morgan fingerprint density at radius 3 is 2.89 bits per heavy atom. The first kappa shape index (κ1) is 17.6. The van der Waals surface area contributed by atoms with Crippen LogP contribution in [0.25, 0.3) is 11.1 Å². The van der Waals surface area contributed by atoms with E-state index >= 15 is 0 Å². The second kappa shape index (κ2) is 7.10. The maximum absolute atomic E-state index is 12.5. The molecule has 1 aliphatic carbocycles. The maximum Gasteiger partial charge on any atom is 0.251 e. The summed E-state index contributed by atoms with van der Waals surface area (Å²) in [5.41, 5.74) is 5.57. The van der Waals surface area contributed by atoms with Crippen molar-refractivity contribution in [3.63, 3.8) is 0 Å². The lowest BCUT2D eigenvalue weighted by molar-refractivity contribution is 0.0954. The summed E-state index contributed by atoms with van der Waals surface area (Å²) in [6, 6.07) is 5.34. The third-order valence-electron chi connectivity index (χ3n) is 4.98. The number of nitrogens with one attached hydrogen (secondary N) is 1. The monoisotopic (exact) mass is 364 g/mol. The molecule has 6 heteroatoms. The third-order valence-corrected chi connectivity index (χ3v) is 4.98. The Hall–Kier alpha value is -2.76. The van der Waals surface area contributed by atoms with Gasteiger partial charge in [-0.1, -0.05) is 13.8 Å². The van der Waals surface area contributed by atoms with E-state index in [1.54, 1.807) is 18.2 Å². The van der Waals surface area contributed by atoms with Gasteiger partial charge in [0.15, 0.2) is 11.5 Å². The molecule has 0 bridgehead atoms. The number of oxazole rings is 1. The van der Waals surface area contributed by atoms with Crippen molar-refractivity contribution in [2.24, 2.45) is 0 Å². The molecule has 3 aromatic rings. The molecule has 0 spiro atoms. The van der Waals surface area contributed by atoms with Crippen LogP contribution in [-0.4, -0.2) is 27.4 Å². The quantitative estimate of drug-likeness (QED) is 0.749. The number of benzene rings is 1. The number of aryl methyl sites for hydroxylation is 2. The molecule has 2 aromatic heterocycles. The minimum Gasteiger partial charge on any atom is -0.440 e. The Kier molecular flexibility index (Phi) is 4.64. The van der Waals surface area contributed by atoms with E-state index in [1.165, 1.54) is 11.3 Å². The Labute approximate surface area is 158 Å². The van der Waals surface area contributed by atoms with E-state index in [1.807, 2.05) is 20.8 Å². The first-order valence-corrected chi connectivity index (χ1v) is 9.55. The van der Waals surface area contributed by atoms with Gasteiger partial charge in [-0.05, 0) is 49.9 Å². The minimum atomic E-state index is -0.121. The van der Waals surface area contributed by atoms with Crippen LogP contribution in [0.1, 0.15) is 65.2 Å². The van der Waals surface area contributed by atoms with Crippen LogP contribution < -0.4 is 5.32 Å². The van der Waals surface area contributed by atoms with Crippen LogP contribution in [0.15, 0.2) is 22.6 Å². The van der Waals surface area contributed by atoms with Gasteiger partial charge < -0.3 is 9.73 Å². The van der Waals surface area contributed by atoms with Crippen molar-refractivity contribution in [2.75, 3.05) is 6.54 Å². The molecule has 140 valence electrons. The summed E-state index contributed by atoms with van der Waals surface area (Å²) in [5.74, 6) is 1.59. The van der Waals surface area contributed by atoms with Gasteiger partial charge in [-0.3, -0.25) is 4.79 Å². The van der Waals surface area contributed by atoms with Crippen LogP contribution in [0.3, 0.4) is 0 Å². The average molecular weight is 364 g/mol. The Morgan fingerprint density at radius 2 is 2.07 bits per heavy atom. The Morgan fingerprint density at radius 1 is 1.22 bits per heavy atom. The van der Waals surface area contributed by atoms with Crippen LogP contribution in [-0.2, 0) is 19.3 Å². The van der Waals surface area contributed by atoms with Gasteiger partial charge in [0, 0.05) is 35.8 Å². The molecule has 0 saturated carbocycles. The number of carbonyl (C=O) groups excluding carboxylic acids is 1. The average Bonchev–Trinajstić information content (AvgIpc) is 3.27. The number of amides is 1. The summed E-state index contributed by atoms with van der Waals surface area (Å²) in [6.45, 7) is 6.61. The molecule has 27 heavy (non-hydrogen) atoms. The zero-order valence-electron chi connectivity index (χ0n) is 16.0. The fourth-order valence-electron chi connectivity index (χ4n) is 3.52. The van der Waals surface area contributed by atoms with E-state index in [2.05, 4.69) is 20.3 Å². The predicted octanol–water partition coefficient (Wildman–Crippen LogP) is 3.51. The van der Waals surface area contributed by atoms with Crippen molar-refractivity contribution in [2.45, 2.75) is 52.4 Å². The lowest BCUT2D eigenvalue weighted by Crippen LogP contribution is -2.26. The van der Waals surface area contributed by atoms with Crippen molar-refractivity contribution in [3.8, 4) is 0 Å². The van der Waals surface area contributed by atoms with Crippen molar-refractivity contribution in [1.82, 2.24) is 20.3 Å². The van der Waals surface area contributed by atoms with Crippen molar-refractivity contribution < 1.29 is 9.21 Å². The normalized spacial score (nSPS) is 13.3. The van der Waals surface area contributed by atoms with Gasteiger partial charge in [-0.2, -0.15) is 0 Å². The molecule has 0 saturated heterocycles. The number of nitrogens with zero attached hydrogens (tertiary/aromatic N) is 3. The highest BCUT2D eigenvalue weighted by Gasteiger charge is 2.17. The first-order valence-electron chi connectivity index (χ1n) is 9.55. The van der Waals surface area contributed by atoms with Crippen LogP contribution >= 0.6 is 0 Å². The number of carbonyl (C=O) groups is 1. The molecule has 4 rings (SSSR count). The molecule has 6 nitrogen and oxygen atoms in total. The molecule has 1 N–H and O–H groups in total. The number of hydrogen-bond acceptors (Lipinski definition) is 5. The number of aromatic nitrogens is 3. The van der Waals surface area contributed by atoms with Gasteiger partial charge in [-0.15, -0.1) is 0 Å². The van der Waals surface area contributed by atoms with E-state index < -0.39 is 0 Å². The topological polar surface area (TPSA) is 80.9 Å². The molecule has 0 radical (unpaired) electrons. The molecule has 1 aromatic carbocycles.